The molecule has 106 valence electrons. The van der Waals surface area contributed by atoms with E-state index in [1.54, 1.807) is 12.1 Å². The summed E-state index contributed by atoms with van der Waals surface area (Å²) in [6.45, 7) is 2.74. The highest BCUT2D eigenvalue weighted by molar-refractivity contribution is 7.89. The summed E-state index contributed by atoms with van der Waals surface area (Å²) >= 11 is 0. The zero-order chi connectivity index (χ0) is 14.0. The Kier molecular flexibility index (Phi) is 3.98. The van der Waals surface area contributed by atoms with Gasteiger partial charge in [0.15, 0.2) is 0 Å². The summed E-state index contributed by atoms with van der Waals surface area (Å²) in [4.78, 5) is 0.0938. The van der Waals surface area contributed by atoms with E-state index in [1.165, 1.54) is 13.1 Å². The van der Waals surface area contributed by atoms with Gasteiger partial charge in [-0.1, -0.05) is 0 Å². The van der Waals surface area contributed by atoms with Gasteiger partial charge in [0.25, 0.3) is 0 Å². The molecule has 1 aromatic carbocycles. The summed E-state index contributed by atoms with van der Waals surface area (Å²) < 4.78 is 31.1. The van der Waals surface area contributed by atoms with E-state index < -0.39 is 10.0 Å². The van der Waals surface area contributed by atoms with Gasteiger partial charge in [0.1, 0.15) is 4.90 Å². The van der Waals surface area contributed by atoms with Gasteiger partial charge in [0.05, 0.1) is 17.8 Å². The van der Waals surface area contributed by atoms with Crippen LogP contribution in [0.3, 0.4) is 0 Å². The normalized spacial score (nSPS) is 23.5. The minimum absolute atomic E-state index is 0.0938. The lowest BCUT2D eigenvalue weighted by Crippen LogP contribution is -2.26. The van der Waals surface area contributed by atoms with Crippen LogP contribution in [0.1, 0.15) is 13.3 Å². The van der Waals surface area contributed by atoms with Crippen LogP contribution in [0.2, 0.25) is 0 Å². The highest BCUT2D eigenvalue weighted by Gasteiger charge is 2.24. The lowest BCUT2D eigenvalue weighted by molar-refractivity contribution is 0.121. The van der Waals surface area contributed by atoms with E-state index >= 15 is 0 Å². The Morgan fingerprint density at radius 2 is 2.16 bits per heavy atom. The summed E-state index contributed by atoms with van der Waals surface area (Å²) in [5.74, 6) is 0. The second-order valence-corrected chi connectivity index (χ2v) is 6.43. The molecule has 1 aliphatic heterocycles. The highest BCUT2D eigenvalue weighted by Crippen LogP contribution is 2.25. The Labute approximate surface area is 113 Å². The third kappa shape index (κ3) is 2.99. The fourth-order valence-electron chi connectivity index (χ4n) is 2.13. The van der Waals surface area contributed by atoms with Crippen LogP contribution >= 0.6 is 0 Å². The first-order chi connectivity index (χ1) is 8.94. The fourth-order valence-corrected chi connectivity index (χ4v) is 2.96. The van der Waals surface area contributed by atoms with Crippen molar-refractivity contribution in [3.05, 3.63) is 18.2 Å². The van der Waals surface area contributed by atoms with Crippen LogP contribution in [0.25, 0.3) is 0 Å². The number of ether oxygens (including phenoxy) is 1. The minimum atomic E-state index is -3.51. The predicted molar refractivity (Wildman–Crippen MR) is 74.5 cm³/mol. The number of hydrogen-bond acceptors (Lipinski definition) is 5. The summed E-state index contributed by atoms with van der Waals surface area (Å²) in [5.41, 5.74) is 6.83. The first-order valence-electron chi connectivity index (χ1n) is 6.15. The first kappa shape index (κ1) is 14.1. The number of nitrogen functional groups attached to an aromatic ring is 1. The Hall–Kier alpha value is -1.31. The quantitative estimate of drug-likeness (QED) is 0.710. The van der Waals surface area contributed by atoms with Crippen molar-refractivity contribution in [2.24, 2.45) is 0 Å². The molecule has 19 heavy (non-hydrogen) atoms. The smallest absolute Gasteiger partial charge is 0.242 e. The number of nitrogens with one attached hydrogen (secondary N) is 2. The van der Waals surface area contributed by atoms with Crippen molar-refractivity contribution in [1.29, 1.82) is 0 Å². The van der Waals surface area contributed by atoms with Crippen LogP contribution in [0.15, 0.2) is 23.1 Å². The topological polar surface area (TPSA) is 93.5 Å². The summed E-state index contributed by atoms with van der Waals surface area (Å²) in [6.07, 6.45) is 1.07. The molecule has 1 aromatic rings. The summed E-state index contributed by atoms with van der Waals surface area (Å²) in [6, 6.07) is 5.08. The van der Waals surface area contributed by atoms with E-state index in [0.717, 1.165) is 18.7 Å². The molecule has 1 aliphatic rings. The molecule has 0 bridgehead atoms. The number of anilines is 2. The standard InChI is InChI=1S/C12H19N3O3S/c1-8-11(5-6-18-8)15-9-3-4-12(10(13)7-9)19(16,17)14-2/h3-4,7-8,11,14-15H,5-6,13H2,1-2H3. The van der Waals surface area contributed by atoms with Crippen molar-refractivity contribution < 1.29 is 13.2 Å². The molecular formula is C12H19N3O3S. The van der Waals surface area contributed by atoms with Crippen molar-refractivity contribution in [2.45, 2.75) is 30.4 Å². The summed E-state index contributed by atoms with van der Waals surface area (Å²) in [7, 11) is -2.15. The van der Waals surface area contributed by atoms with Gasteiger partial charge in [-0.25, -0.2) is 13.1 Å². The Morgan fingerprint density at radius 3 is 2.68 bits per heavy atom. The molecule has 2 unspecified atom stereocenters. The molecule has 0 saturated carbocycles. The Morgan fingerprint density at radius 1 is 1.42 bits per heavy atom. The molecule has 1 fully saturated rings. The van der Waals surface area contributed by atoms with Gasteiger partial charge < -0.3 is 15.8 Å². The molecule has 0 amide bonds. The molecule has 0 spiro atoms. The SMILES string of the molecule is CNS(=O)(=O)c1ccc(NC2CCOC2C)cc1N. The van der Waals surface area contributed by atoms with Crippen molar-refractivity contribution in [3.63, 3.8) is 0 Å². The number of benzene rings is 1. The van der Waals surface area contributed by atoms with E-state index in [0.29, 0.717) is 0 Å². The van der Waals surface area contributed by atoms with Crippen LogP contribution in [0, 0.1) is 0 Å². The molecule has 4 N–H and O–H groups in total. The third-order valence-corrected chi connectivity index (χ3v) is 4.78. The average molecular weight is 285 g/mol. The van der Waals surface area contributed by atoms with Crippen molar-refractivity contribution in [2.75, 3.05) is 24.7 Å². The van der Waals surface area contributed by atoms with E-state index in [-0.39, 0.29) is 22.7 Å². The lowest BCUT2D eigenvalue weighted by Gasteiger charge is -2.18. The Bertz CT molecular complexity index is 559. The van der Waals surface area contributed by atoms with Crippen molar-refractivity contribution in [1.82, 2.24) is 4.72 Å². The maximum atomic E-state index is 11.7. The number of nitrogens with two attached hydrogens (primary N) is 1. The van der Waals surface area contributed by atoms with Crippen LogP contribution in [-0.2, 0) is 14.8 Å². The zero-order valence-electron chi connectivity index (χ0n) is 11.0. The Balaban J connectivity index is 2.20. The number of hydrogen-bond donors (Lipinski definition) is 3. The first-order valence-corrected chi connectivity index (χ1v) is 7.63. The molecule has 0 aromatic heterocycles. The van der Waals surface area contributed by atoms with Gasteiger partial charge in [-0.15, -0.1) is 0 Å². The van der Waals surface area contributed by atoms with Crippen LogP contribution in [0.4, 0.5) is 11.4 Å². The molecule has 2 atom stereocenters. The minimum Gasteiger partial charge on any atom is -0.398 e. The largest absolute Gasteiger partial charge is 0.398 e. The molecule has 2 rings (SSSR count). The van der Waals surface area contributed by atoms with E-state index in [1.807, 2.05) is 6.92 Å². The lowest BCUT2D eigenvalue weighted by atomic mass is 10.1. The van der Waals surface area contributed by atoms with Gasteiger partial charge in [0.2, 0.25) is 10.0 Å². The van der Waals surface area contributed by atoms with E-state index in [2.05, 4.69) is 10.0 Å². The van der Waals surface area contributed by atoms with Gasteiger partial charge in [0, 0.05) is 12.3 Å². The van der Waals surface area contributed by atoms with E-state index in [9.17, 15) is 8.42 Å². The molecule has 1 saturated heterocycles. The molecule has 6 nitrogen and oxygen atoms in total. The molecular weight excluding hydrogens is 266 g/mol. The van der Waals surface area contributed by atoms with E-state index in [4.69, 9.17) is 10.5 Å². The fraction of sp³-hybridized carbons (Fsp3) is 0.500. The summed E-state index contributed by atoms with van der Waals surface area (Å²) in [5, 5.41) is 3.31. The monoisotopic (exact) mass is 285 g/mol. The maximum Gasteiger partial charge on any atom is 0.242 e. The zero-order valence-corrected chi connectivity index (χ0v) is 11.8. The highest BCUT2D eigenvalue weighted by atomic mass is 32.2. The van der Waals surface area contributed by atoms with Crippen LogP contribution in [-0.4, -0.2) is 34.2 Å². The van der Waals surface area contributed by atoms with Crippen molar-refractivity contribution in [3.8, 4) is 0 Å². The maximum absolute atomic E-state index is 11.7. The van der Waals surface area contributed by atoms with Crippen LogP contribution in [0.5, 0.6) is 0 Å². The van der Waals surface area contributed by atoms with Crippen LogP contribution < -0.4 is 15.8 Å². The van der Waals surface area contributed by atoms with Gasteiger partial charge in [-0.05, 0) is 38.6 Å². The predicted octanol–water partition coefficient (Wildman–Crippen LogP) is 0.766. The second kappa shape index (κ2) is 5.36. The molecule has 0 aliphatic carbocycles. The third-order valence-electron chi connectivity index (χ3n) is 3.30. The second-order valence-electron chi connectivity index (χ2n) is 4.58. The van der Waals surface area contributed by atoms with Crippen molar-refractivity contribution >= 4 is 21.4 Å². The molecule has 7 heteroatoms. The number of sulfonamides is 1. The average Bonchev–Trinajstić information content (AvgIpc) is 2.75. The number of rotatable bonds is 4. The molecule has 1 heterocycles. The van der Waals surface area contributed by atoms with Gasteiger partial charge in [-0.2, -0.15) is 0 Å². The van der Waals surface area contributed by atoms with Gasteiger partial charge >= 0.3 is 0 Å². The molecule has 0 radical (unpaired) electrons. The van der Waals surface area contributed by atoms with Gasteiger partial charge in [-0.3, -0.25) is 0 Å².